The maximum Gasteiger partial charge on any atom is 0.289 e. The summed E-state index contributed by atoms with van der Waals surface area (Å²) in [4.78, 5) is 10.3. The minimum absolute atomic E-state index is 0.260. The van der Waals surface area contributed by atoms with Crippen LogP contribution in [0, 0.1) is 10.1 Å². The Morgan fingerprint density at radius 2 is 2.08 bits per heavy atom. The molecule has 1 saturated heterocycles. The molecule has 8 nitrogen and oxygen atoms in total. The minimum atomic E-state index is -3.96. The molecule has 1 aromatic heterocycles. The molecule has 1 aromatic carbocycles. The number of rotatable bonds is 5. The average molecular weight is 350 g/mol. The van der Waals surface area contributed by atoms with Crippen molar-refractivity contribution in [3.8, 4) is 0 Å². The van der Waals surface area contributed by atoms with Crippen LogP contribution in [0.1, 0.15) is 31.5 Å². The van der Waals surface area contributed by atoms with E-state index in [2.05, 4.69) is 5.10 Å². The number of nitrogens with zero attached hydrogens (tertiary/aromatic N) is 4. The summed E-state index contributed by atoms with van der Waals surface area (Å²) in [5.41, 5.74) is 0.421. The average Bonchev–Trinajstić information content (AvgIpc) is 3.23. The quantitative estimate of drug-likeness (QED) is 0.609. The van der Waals surface area contributed by atoms with E-state index in [4.69, 9.17) is 0 Å². The van der Waals surface area contributed by atoms with E-state index in [1.54, 1.807) is 16.9 Å². The van der Waals surface area contributed by atoms with Crippen molar-refractivity contribution < 1.29 is 13.3 Å². The number of sulfonamides is 1. The Kier molecular flexibility index (Phi) is 4.37. The Hall–Kier alpha value is -2.26. The predicted octanol–water partition coefficient (Wildman–Crippen LogP) is 2.34. The maximum absolute atomic E-state index is 13.1. The van der Waals surface area contributed by atoms with Crippen LogP contribution in [-0.2, 0) is 16.6 Å². The highest BCUT2D eigenvalue weighted by atomic mass is 32.2. The smallest absolute Gasteiger partial charge is 0.268 e. The van der Waals surface area contributed by atoms with E-state index in [1.165, 1.54) is 28.6 Å². The molecule has 0 aliphatic carbocycles. The van der Waals surface area contributed by atoms with Gasteiger partial charge < -0.3 is 0 Å². The summed E-state index contributed by atoms with van der Waals surface area (Å²) in [5, 5.41) is 15.4. The SMILES string of the molecule is CCn1nccc1[C@H]1CCCN1S(=O)(=O)c1ccccc1[N+](=O)[O-]. The van der Waals surface area contributed by atoms with E-state index < -0.39 is 20.6 Å². The molecule has 2 aromatic rings. The molecule has 1 fully saturated rings. The van der Waals surface area contributed by atoms with Crippen LogP contribution in [-0.4, -0.2) is 34.0 Å². The molecule has 0 bridgehead atoms. The molecule has 1 aliphatic rings. The number of hydrogen-bond donors (Lipinski definition) is 0. The van der Waals surface area contributed by atoms with Crippen LogP contribution < -0.4 is 0 Å². The van der Waals surface area contributed by atoms with E-state index in [0.29, 0.717) is 25.9 Å². The fraction of sp³-hybridized carbons (Fsp3) is 0.400. The summed E-state index contributed by atoms with van der Waals surface area (Å²) in [5.74, 6) is 0. The number of nitro benzene ring substituents is 1. The van der Waals surface area contributed by atoms with E-state index >= 15 is 0 Å². The lowest BCUT2D eigenvalue weighted by Crippen LogP contribution is -2.32. The van der Waals surface area contributed by atoms with Gasteiger partial charge in [0, 0.05) is 25.4 Å². The third-order valence-electron chi connectivity index (χ3n) is 4.24. The van der Waals surface area contributed by atoms with Crippen molar-refractivity contribution in [2.75, 3.05) is 6.54 Å². The van der Waals surface area contributed by atoms with Crippen molar-refractivity contribution >= 4 is 15.7 Å². The topological polar surface area (TPSA) is 98.3 Å². The van der Waals surface area contributed by atoms with Crippen molar-refractivity contribution in [3.63, 3.8) is 0 Å². The molecule has 0 unspecified atom stereocenters. The second-order valence-electron chi connectivity index (χ2n) is 5.57. The van der Waals surface area contributed by atoms with Gasteiger partial charge in [-0.3, -0.25) is 14.8 Å². The van der Waals surface area contributed by atoms with Crippen LogP contribution in [0.15, 0.2) is 41.4 Å². The normalized spacial score (nSPS) is 18.8. The Morgan fingerprint density at radius 3 is 2.79 bits per heavy atom. The van der Waals surface area contributed by atoms with Gasteiger partial charge in [-0.05, 0) is 31.9 Å². The Bertz CT molecular complexity index is 862. The van der Waals surface area contributed by atoms with Crippen molar-refractivity contribution in [1.29, 1.82) is 0 Å². The Labute approximate surface area is 139 Å². The summed E-state index contributed by atoms with van der Waals surface area (Å²) in [7, 11) is -3.96. The zero-order chi connectivity index (χ0) is 17.3. The zero-order valence-corrected chi connectivity index (χ0v) is 14.0. The van der Waals surface area contributed by atoms with Crippen LogP contribution in [0.4, 0.5) is 5.69 Å². The summed E-state index contributed by atoms with van der Waals surface area (Å²) in [6.45, 7) is 2.92. The van der Waals surface area contributed by atoms with Crippen LogP contribution in [0.25, 0.3) is 0 Å². The first-order valence-electron chi connectivity index (χ1n) is 7.73. The van der Waals surface area contributed by atoms with Crippen LogP contribution in [0.3, 0.4) is 0 Å². The highest BCUT2D eigenvalue weighted by molar-refractivity contribution is 7.89. The van der Waals surface area contributed by atoms with Gasteiger partial charge in [0.2, 0.25) is 0 Å². The predicted molar refractivity (Wildman–Crippen MR) is 86.9 cm³/mol. The van der Waals surface area contributed by atoms with Crippen molar-refractivity contribution in [2.45, 2.75) is 37.2 Å². The van der Waals surface area contributed by atoms with Gasteiger partial charge in [-0.2, -0.15) is 9.40 Å². The van der Waals surface area contributed by atoms with Gasteiger partial charge in [0.25, 0.3) is 15.7 Å². The first-order valence-corrected chi connectivity index (χ1v) is 9.17. The number of aryl methyl sites for hydroxylation is 1. The Morgan fingerprint density at radius 1 is 1.33 bits per heavy atom. The minimum Gasteiger partial charge on any atom is -0.268 e. The van der Waals surface area contributed by atoms with Crippen molar-refractivity contribution in [2.24, 2.45) is 0 Å². The molecule has 0 N–H and O–H groups in total. The molecule has 1 atom stereocenters. The molecular weight excluding hydrogens is 332 g/mol. The fourth-order valence-electron chi connectivity index (χ4n) is 3.17. The van der Waals surface area contributed by atoms with Gasteiger partial charge in [-0.15, -0.1) is 0 Å². The van der Waals surface area contributed by atoms with Crippen LogP contribution >= 0.6 is 0 Å². The van der Waals surface area contributed by atoms with Crippen molar-refractivity contribution in [3.05, 3.63) is 52.3 Å². The van der Waals surface area contributed by atoms with Gasteiger partial charge in [-0.1, -0.05) is 12.1 Å². The number of para-hydroxylation sites is 1. The number of nitro groups is 1. The monoisotopic (exact) mass is 350 g/mol. The summed E-state index contributed by atoms with van der Waals surface area (Å²) >= 11 is 0. The number of benzene rings is 1. The molecule has 0 amide bonds. The summed E-state index contributed by atoms with van der Waals surface area (Å²) in [6.07, 6.45) is 3.03. The number of aromatic nitrogens is 2. The van der Waals surface area contributed by atoms with Crippen LogP contribution in [0.5, 0.6) is 0 Å². The maximum atomic E-state index is 13.1. The summed E-state index contributed by atoms with van der Waals surface area (Å²) < 4.78 is 29.2. The van der Waals surface area contributed by atoms with Gasteiger partial charge in [0.05, 0.1) is 16.7 Å². The third kappa shape index (κ3) is 2.69. The first-order chi connectivity index (χ1) is 11.5. The standard InChI is InChI=1S/C15H18N4O4S/c1-2-17-12(9-10-16-17)13-7-5-11-18(13)24(22,23)15-8-4-3-6-14(15)19(20)21/h3-4,6,8-10,13H,2,5,7,11H2,1H3/t13-/m1/s1. The lowest BCUT2D eigenvalue weighted by Gasteiger charge is -2.24. The first kappa shape index (κ1) is 16.6. The van der Waals surface area contributed by atoms with E-state index in [9.17, 15) is 18.5 Å². The summed E-state index contributed by atoms with van der Waals surface area (Å²) in [6, 6.07) is 6.93. The second-order valence-corrected chi connectivity index (χ2v) is 7.43. The fourth-order valence-corrected chi connectivity index (χ4v) is 4.99. The lowest BCUT2D eigenvalue weighted by atomic mass is 10.1. The zero-order valence-electron chi connectivity index (χ0n) is 13.2. The third-order valence-corrected chi connectivity index (χ3v) is 6.20. The molecule has 0 radical (unpaired) electrons. The number of hydrogen-bond acceptors (Lipinski definition) is 5. The molecule has 9 heteroatoms. The Balaban J connectivity index is 2.05. The lowest BCUT2D eigenvalue weighted by molar-refractivity contribution is -0.387. The molecule has 3 rings (SSSR count). The van der Waals surface area contributed by atoms with Gasteiger partial charge in [-0.25, -0.2) is 8.42 Å². The molecule has 128 valence electrons. The van der Waals surface area contributed by atoms with Gasteiger partial charge >= 0.3 is 0 Å². The van der Waals surface area contributed by atoms with E-state index in [1.807, 2.05) is 6.92 Å². The van der Waals surface area contributed by atoms with Gasteiger partial charge in [0.1, 0.15) is 0 Å². The van der Waals surface area contributed by atoms with Crippen molar-refractivity contribution in [1.82, 2.24) is 14.1 Å². The highest BCUT2D eigenvalue weighted by Gasteiger charge is 2.40. The molecule has 1 aliphatic heterocycles. The molecule has 0 spiro atoms. The van der Waals surface area contributed by atoms with Crippen LogP contribution in [0.2, 0.25) is 0 Å². The van der Waals surface area contributed by atoms with E-state index in [0.717, 1.165) is 5.69 Å². The highest BCUT2D eigenvalue weighted by Crippen LogP contribution is 2.38. The molecular formula is C15H18N4O4S. The largest absolute Gasteiger partial charge is 0.289 e. The molecule has 24 heavy (non-hydrogen) atoms. The molecule has 2 heterocycles. The second kappa shape index (κ2) is 6.33. The van der Waals surface area contributed by atoms with E-state index in [-0.39, 0.29) is 10.9 Å². The van der Waals surface area contributed by atoms with Gasteiger partial charge in [0.15, 0.2) is 4.90 Å². The molecule has 0 saturated carbocycles.